The average molecular weight is 339 g/mol. The van der Waals surface area contributed by atoms with Crippen molar-refractivity contribution in [1.29, 1.82) is 0 Å². The highest BCUT2D eigenvalue weighted by Crippen LogP contribution is 2.24. The smallest absolute Gasteiger partial charge is 0.156 e. The van der Waals surface area contributed by atoms with Crippen molar-refractivity contribution in [1.82, 2.24) is 19.7 Å². The number of hydrogen-bond donors (Lipinski definition) is 2. The molecule has 0 fully saturated rings. The van der Waals surface area contributed by atoms with Crippen LogP contribution in [0.25, 0.3) is 11.0 Å². The molecule has 0 saturated carbocycles. The number of aliphatic hydroxyl groups excluding tert-OH is 1. The molecule has 2 N–H and O–H groups in total. The van der Waals surface area contributed by atoms with Crippen LogP contribution in [0.3, 0.4) is 0 Å². The predicted octanol–water partition coefficient (Wildman–Crippen LogP) is 2.73. The molecule has 2 aromatic heterocycles. The zero-order valence-electron chi connectivity index (χ0n) is 15.0. The van der Waals surface area contributed by atoms with Gasteiger partial charge in [0.25, 0.3) is 0 Å². The number of rotatable bonds is 7. The molecule has 0 aliphatic rings. The Hall–Kier alpha value is -2.47. The Morgan fingerprint density at radius 1 is 1.16 bits per heavy atom. The second-order valence-corrected chi connectivity index (χ2v) is 6.15. The lowest BCUT2D eigenvalue weighted by molar-refractivity contribution is 0.273. The molecule has 0 saturated heterocycles. The number of nitrogens with zero attached hydrogens (tertiary/aromatic N) is 4. The van der Waals surface area contributed by atoms with Gasteiger partial charge < -0.3 is 10.4 Å². The van der Waals surface area contributed by atoms with Gasteiger partial charge in [-0.2, -0.15) is 5.10 Å². The first-order valence-corrected chi connectivity index (χ1v) is 8.81. The second kappa shape index (κ2) is 7.61. The molecule has 3 rings (SSSR count). The zero-order valence-corrected chi connectivity index (χ0v) is 15.0. The second-order valence-electron chi connectivity index (χ2n) is 6.15. The number of aryl methyl sites for hydroxylation is 3. The van der Waals surface area contributed by atoms with Gasteiger partial charge >= 0.3 is 0 Å². The van der Waals surface area contributed by atoms with Crippen LogP contribution in [-0.4, -0.2) is 37.5 Å². The molecule has 1 aromatic carbocycles. The molecule has 0 aliphatic carbocycles. The molecule has 0 aliphatic heterocycles. The van der Waals surface area contributed by atoms with Gasteiger partial charge in [0.05, 0.1) is 18.3 Å². The van der Waals surface area contributed by atoms with E-state index in [1.54, 1.807) is 0 Å². The van der Waals surface area contributed by atoms with E-state index < -0.39 is 0 Å². The van der Waals surface area contributed by atoms with Gasteiger partial charge in [-0.15, -0.1) is 0 Å². The summed E-state index contributed by atoms with van der Waals surface area (Å²) in [5.74, 6) is 1.53. The van der Waals surface area contributed by atoms with E-state index in [-0.39, 0.29) is 12.6 Å². The summed E-state index contributed by atoms with van der Waals surface area (Å²) in [6.07, 6.45) is 1.48. The van der Waals surface area contributed by atoms with Crippen LogP contribution in [0.4, 0.5) is 5.82 Å². The van der Waals surface area contributed by atoms with Gasteiger partial charge in [-0.05, 0) is 25.8 Å². The van der Waals surface area contributed by atoms with Crippen molar-refractivity contribution >= 4 is 16.9 Å². The molecule has 0 spiro atoms. The van der Waals surface area contributed by atoms with Crippen molar-refractivity contribution in [2.45, 2.75) is 46.2 Å². The van der Waals surface area contributed by atoms with E-state index in [9.17, 15) is 5.11 Å². The molecule has 25 heavy (non-hydrogen) atoms. The number of benzene rings is 1. The summed E-state index contributed by atoms with van der Waals surface area (Å²) in [4.78, 5) is 9.32. The first-order valence-electron chi connectivity index (χ1n) is 8.81. The lowest BCUT2D eigenvalue weighted by atomic mass is 10.1. The normalized spacial score (nSPS) is 12.5. The van der Waals surface area contributed by atoms with E-state index >= 15 is 0 Å². The molecule has 1 atom stereocenters. The van der Waals surface area contributed by atoms with Crippen LogP contribution in [0.1, 0.15) is 30.9 Å². The molecule has 0 amide bonds. The van der Waals surface area contributed by atoms with Crippen molar-refractivity contribution in [3.8, 4) is 0 Å². The summed E-state index contributed by atoms with van der Waals surface area (Å²) >= 11 is 0. The fourth-order valence-electron chi connectivity index (χ4n) is 3.02. The molecule has 132 valence electrons. The molecule has 2 heterocycles. The van der Waals surface area contributed by atoms with E-state index in [1.807, 2.05) is 36.7 Å². The minimum Gasteiger partial charge on any atom is -0.394 e. The molecular weight excluding hydrogens is 314 g/mol. The lowest BCUT2D eigenvalue weighted by Gasteiger charge is -2.18. The average Bonchev–Trinajstić information content (AvgIpc) is 2.98. The van der Waals surface area contributed by atoms with Crippen LogP contribution in [0.5, 0.6) is 0 Å². The van der Waals surface area contributed by atoms with E-state index in [4.69, 9.17) is 0 Å². The topological polar surface area (TPSA) is 75.9 Å². The van der Waals surface area contributed by atoms with Crippen molar-refractivity contribution in [3.05, 3.63) is 47.4 Å². The minimum absolute atomic E-state index is 0.0289. The third-order valence-corrected chi connectivity index (χ3v) is 4.30. The molecule has 6 nitrogen and oxygen atoms in total. The van der Waals surface area contributed by atoms with Crippen LogP contribution in [0, 0.1) is 6.92 Å². The zero-order chi connectivity index (χ0) is 17.8. The highest BCUT2D eigenvalue weighted by Gasteiger charge is 2.18. The number of aromatic nitrogens is 4. The van der Waals surface area contributed by atoms with Gasteiger partial charge in [-0.3, -0.25) is 4.68 Å². The van der Waals surface area contributed by atoms with E-state index in [0.717, 1.165) is 47.8 Å². The van der Waals surface area contributed by atoms with Gasteiger partial charge in [0.2, 0.25) is 0 Å². The van der Waals surface area contributed by atoms with Crippen molar-refractivity contribution in [2.75, 3.05) is 11.9 Å². The maximum Gasteiger partial charge on any atom is 0.156 e. The van der Waals surface area contributed by atoms with E-state index in [1.165, 1.54) is 5.56 Å². The fourth-order valence-corrected chi connectivity index (χ4v) is 3.02. The molecule has 6 heteroatoms. The maximum atomic E-state index is 9.85. The Morgan fingerprint density at radius 3 is 2.56 bits per heavy atom. The minimum atomic E-state index is -0.120. The summed E-state index contributed by atoms with van der Waals surface area (Å²) < 4.78 is 1.92. The Bertz CT molecular complexity index is 844. The van der Waals surface area contributed by atoms with Crippen molar-refractivity contribution < 1.29 is 5.11 Å². The summed E-state index contributed by atoms with van der Waals surface area (Å²) in [5, 5.41) is 17.8. The summed E-state index contributed by atoms with van der Waals surface area (Å²) in [6, 6.07) is 10.0. The Kier molecular flexibility index (Phi) is 5.28. The van der Waals surface area contributed by atoms with Crippen LogP contribution >= 0.6 is 0 Å². The van der Waals surface area contributed by atoms with Crippen LogP contribution in [-0.2, 0) is 19.4 Å². The SMILES string of the molecule is CCc1nc(NC(CO)Cc2ccccc2)c2c(n1)c(C)nn2CC. The monoisotopic (exact) mass is 339 g/mol. The quantitative estimate of drug-likeness (QED) is 0.692. The fraction of sp³-hybridized carbons (Fsp3) is 0.421. The number of hydrogen-bond acceptors (Lipinski definition) is 5. The first kappa shape index (κ1) is 17.4. The van der Waals surface area contributed by atoms with Gasteiger partial charge in [0.1, 0.15) is 16.9 Å². The van der Waals surface area contributed by atoms with Crippen LogP contribution in [0.15, 0.2) is 30.3 Å². The van der Waals surface area contributed by atoms with Crippen LogP contribution in [0.2, 0.25) is 0 Å². The van der Waals surface area contributed by atoms with Gasteiger partial charge in [0, 0.05) is 13.0 Å². The van der Waals surface area contributed by atoms with Crippen molar-refractivity contribution in [3.63, 3.8) is 0 Å². The number of fused-ring (bicyclic) bond motifs is 1. The molecule has 0 radical (unpaired) electrons. The number of anilines is 1. The predicted molar refractivity (Wildman–Crippen MR) is 99.8 cm³/mol. The largest absolute Gasteiger partial charge is 0.394 e. The summed E-state index contributed by atoms with van der Waals surface area (Å²) in [5.41, 5.74) is 3.87. The number of aliphatic hydroxyl groups is 1. The summed E-state index contributed by atoms with van der Waals surface area (Å²) in [6.45, 7) is 6.84. The molecule has 0 bridgehead atoms. The molecular formula is C19H25N5O. The highest BCUT2D eigenvalue weighted by atomic mass is 16.3. The van der Waals surface area contributed by atoms with Crippen LogP contribution < -0.4 is 5.32 Å². The highest BCUT2D eigenvalue weighted by molar-refractivity contribution is 5.87. The Balaban J connectivity index is 1.98. The van der Waals surface area contributed by atoms with Gasteiger partial charge in [-0.25, -0.2) is 9.97 Å². The third-order valence-electron chi connectivity index (χ3n) is 4.30. The Morgan fingerprint density at radius 2 is 1.92 bits per heavy atom. The molecule has 3 aromatic rings. The maximum absolute atomic E-state index is 9.85. The number of nitrogens with one attached hydrogen (secondary N) is 1. The first-order chi connectivity index (χ1) is 12.2. The van der Waals surface area contributed by atoms with Gasteiger partial charge in [-0.1, -0.05) is 37.3 Å². The van der Waals surface area contributed by atoms with Crippen molar-refractivity contribution in [2.24, 2.45) is 0 Å². The lowest BCUT2D eigenvalue weighted by Crippen LogP contribution is -2.27. The molecule has 1 unspecified atom stereocenters. The third kappa shape index (κ3) is 3.64. The Labute approximate surface area is 147 Å². The standard InChI is InChI=1S/C19H25N5O/c1-4-16-21-17-13(3)23-24(5-2)18(17)19(22-16)20-15(12-25)11-14-9-7-6-8-10-14/h6-10,15,25H,4-5,11-12H2,1-3H3,(H,20,21,22). The van der Waals surface area contributed by atoms with Gasteiger partial charge in [0.15, 0.2) is 5.82 Å². The van der Waals surface area contributed by atoms with E-state index in [0.29, 0.717) is 0 Å². The summed E-state index contributed by atoms with van der Waals surface area (Å²) in [7, 11) is 0. The van der Waals surface area contributed by atoms with E-state index in [2.05, 4.69) is 39.4 Å².